The van der Waals surface area contributed by atoms with Gasteiger partial charge in [-0.25, -0.2) is 14.2 Å². The van der Waals surface area contributed by atoms with Crippen LogP contribution in [0, 0.1) is 5.82 Å². The van der Waals surface area contributed by atoms with Crippen LogP contribution in [0.25, 0.3) is 28.1 Å². The molecule has 2 aromatic carbocycles. The molecule has 0 radical (unpaired) electrons. The van der Waals surface area contributed by atoms with E-state index in [0.29, 0.717) is 28.1 Å². The highest BCUT2D eigenvalue weighted by Crippen LogP contribution is 2.26. The van der Waals surface area contributed by atoms with Crippen molar-refractivity contribution in [3.05, 3.63) is 60.4 Å². The lowest BCUT2D eigenvalue weighted by molar-refractivity contribution is -0.130. The first-order valence-electron chi connectivity index (χ1n) is 6.14. The van der Waals surface area contributed by atoms with Gasteiger partial charge in [-0.3, -0.25) is 0 Å². The average molecular weight is 283 g/mol. The van der Waals surface area contributed by atoms with Crippen molar-refractivity contribution in [2.24, 2.45) is 0 Å². The van der Waals surface area contributed by atoms with Crippen molar-refractivity contribution in [3.63, 3.8) is 0 Å². The van der Waals surface area contributed by atoms with Crippen LogP contribution in [-0.2, 0) is 4.79 Å². The number of aromatic nitrogens is 1. The van der Waals surface area contributed by atoms with Crippen LogP contribution in [0.15, 0.2) is 53.5 Å². The first-order chi connectivity index (χ1) is 10.0. The minimum absolute atomic E-state index is 0.0109. The fourth-order valence-electron chi connectivity index (χ4n) is 1.95. The molecule has 0 atom stereocenters. The van der Waals surface area contributed by atoms with Crippen LogP contribution < -0.4 is 0 Å². The molecule has 0 aliphatic rings. The quantitative estimate of drug-likeness (QED) is 0.744. The lowest BCUT2D eigenvalue weighted by Gasteiger charge is -1.98. The molecule has 21 heavy (non-hydrogen) atoms. The predicted octanol–water partition coefficient (Wildman–Crippen LogP) is 3.73. The van der Waals surface area contributed by atoms with E-state index >= 15 is 0 Å². The maximum atomic E-state index is 12.9. The summed E-state index contributed by atoms with van der Waals surface area (Å²) in [6.07, 6.45) is 0. The van der Waals surface area contributed by atoms with Gasteiger partial charge in [0.1, 0.15) is 11.3 Å². The lowest BCUT2D eigenvalue weighted by atomic mass is 10.1. The topological polar surface area (TPSA) is 63.3 Å². The first-order valence-corrected chi connectivity index (χ1v) is 6.14. The summed E-state index contributed by atoms with van der Waals surface area (Å²) in [4.78, 5) is 15.2. The van der Waals surface area contributed by atoms with E-state index in [-0.39, 0.29) is 11.4 Å². The molecule has 5 heteroatoms. The standard InChI is InChI=1S/C16H10FNO3/c1-9(16(19)20)11-4-7-14-13(8-11)18-15(21-14)10-2-5-12(17)6-3-10/h2-8H,1H2,(H,19,20). The predicted molar refractivity (Wildman–Crippen MR) is 76.1 cm³/mol. The van der Waals surface area contributed by atoms with Gasteiger partial charge in [-0.2, -0.15) is 0 Å². The molecular weight excluding hydrogens is 273 g/mol. The minimum atomic E-state index is -1.09. The third-order valence-electron chi connectivity index (χ3n) is 3.09. The molecule has 0 saturated carbocycles. The molecule has 1 N–H and O–H groups in total. The molecule has 0 spiro atoms. The summed E-state index contributed by atoms with van der Waals surface area (Å²) in [7, 11) is 0. The normalized spacial score (nSPS) is 10.7. The largest absolute Gasteiger partial charge is 0.478 e. The van der Waals surface area contributed by atoms with E-state index < -0.39 is 5.97 Å². The second-order valence-corrected chi connectivity index (χ2v) is 4.49. The van der Waals surface area contributed by atoms with E-state index in [1.54, 1.807) is 30.3 Å². The Hall–Kier alpha value is -2.95. The fourth-order valence-corrected chi connectivity index (χ4v) is 1.95. The van der Waals surface area contributed by atoms with Gasteiger partial charge < -0.3 is 9.52 Å². The SMILES string of the molecule is C=C(C(=O)O)c1ccc2oc(-c3ccc(F)cc3)nc2c1. The Morgan fingerprint density at radius 3 is 2.57 bits per heavy atom. The van der Waals surface area contributed by atoms with Gasteiger partial charge in [-0.05, 0) is 42.0 Å². The van der Waals surface area contributed by atoms with Crippen LogP contribution in [0.2, 0.25) is 0 Å². The van der Waals surface area contributed by atoms with Crippen molar-refractivity contribution in [3.8, 4) is 11.5 Å². The summed E-state index contributed by atoms with van der Waals surface area (Å²) >= 11 is 0. The van der Waals surface area contributed by atoms with Crippen LogP contribution in [0.1, 0.15) is 5.56 Å². The van der Waals surface area contributed by atoms with Gasteiger partial charge in [0.15, 0.2) is 5.58 Å². The number of hydrogen-bond acceptors (Lipinski definition) is 3. The molecule has 104 valence electrons. The molecule has 0 aliphatic heterocycles. The second kappa shape index (κ2) is 4.86. The molecule has 0 amide bonds. The van der Waals surface area contributed by atoms with Crippen molar-refractivity contribution >= 4 is 22.6 Å². The maximum absolute atomic E-state index is 12.9. The molecule has 0 fully saturated rings. The van der Waals surface area contributed by atoms with Crippen molar-refractivity contribution in [2.75, 3.05) is 0 Å². The number of hydrogen-bond donors (Lipinski definition) is 1. The summed E-state index contributed by atoms with van der Waals surface area (Å²) in [6, 6.07) is 10.6. The number of aliphatic carboxylic acids is 1. The van der Waals surface area contributed by atoms with E-state index in [1.807, 2.05) is 0 Å². The van der Waals surface area contributed by atoms with Crippen molar-refractivity contribution in [1.29, 1.82) is 0 Å². The summed E-state index contributed by atoms with van der Waals surface area (Å²) in [5, 5.41) is 8.94. The van der Waals surface area contributed by atoms with Gasteiger partial charge in [0, 0.05) is 5.56 Å². The van der Waals surface area contributed by atoms with Crippen LogP contribution >= 0.6 is 0 Å². The molecule has 0 aliphatic carbocycles. The molecule has 0 saturated heterocycles. The van der Waals surface area contributed by atoms with Crippen LogP contribution in [0.4, 0.5) is 4.39 Å². The fraction of sp³-hybridized carbons (Fsp3) is 0. The van der Waals surface area contributed by atoms with Crippen molar-refractivity contribution < 1.29 is 18.7 Å². The zero-order chi connectivity index (χ0) is 15.0. The average Bonchev–Trinajstić information content (AvgIpc) is 2.89. The Balaban J connectivity index is 2.06. The number of rotatable bonds is 3. The monoisotopic (exact) mass is 283 g/mol. The minimum Gasteiger partial charge on any atom is -0.478 e. The van der Waals surface area contributed by atoms with E-state index in [1.165, 1.54) is 12.1 Å². The number of carboxylic acid groups (broad SMARTS) is 1. The Bertz CT molecular complexity index is 850. The second-order valence-electron chi connectivity index (χ2n) is 4.49. The molecule has 3 aromatic rings. The molecule has 1 heterocycles. The third kappa shape index (κ3) is 2.41. The highest BCUT2D eigenvalue weighted by atomic mass is 19.1. The van der Waals surface area contributed by atoms with Crippen molar-refractivity contribution in [1.82, 2.24) is 4.98 Å². The molecular formula is C16H10FNO3. The Labute approximate surface area is 119 Å². The molecule has 0 unspecified atom stereocenters. The van der Waals surface area contributed by atoms with E-state index in [0.717, 1.165) is 0 Å². The van der Waals surface area contributed by atoms with Gasteiger partial charge in [-0.1, -0.05) is 12.6 Å². The molecule has 4 nitrogen and oxygen atoms in total. The number of benzene rings is 2. The number of oxazole rings is 1. The number of halogens is 1. The highest BCUT2D eigenvalue weighted by molar-refractivity contribution is 6.15. The smallest absolute Gasteiger partial charge is 0.335 e. The molecule has 0 bridgehead atoms. The number of carbonyl (C=O) groups is 1. The molecule has 3 rings (SSSR count). The Morgan fingerprint density at radius 1 is 1.19 bits per heavy atom. The van der Waals surface area contributed by atoms with Crippen LogP contribution in [-0.4, -0.2) is 16.1 Å². The van der Waals surface area contributed by atoms with E-state index in [9.17, 15) is 9.18 Å². The summed E-state index contributed by atoms with van der Waals surface area (Å²) in [5.74, 6) is -1.07. The summed E-state index contributed by atoms with van der Waals surface area (Å²) in [5.41, 5.74) is 2.15. The van der Waals surface area contributed by atoms with Gasteiger partial charge >= 0.3 is 5.97 Å². The Morgan fingerprint density at radius 2 is 1.90 bits per heavy atom. The van der Waals surface area contributed by atoms with Gasteiger partial charge in [0.25, 0.3) is 0 Å². The Kier molecular flexibility index (Phi) is 3.02. The lowest BCUT2D eigenvalue weighted by Crippen LogP contribution is -1.97. The molecule has 1 aromatic heterocycles. The first kappa shape index (κ1) is 13.1. The van der Waals surface area contributed by atoms with Gasteiger partial charge in [0.2, 0.25) is 5.89 Å². The zero-order valence-electron chi connectivity index (χ0n) is 10.8. The zero-order valence-corrected chi connectivity index (χ0v) is 10.8. The third-order valence-corrected chi connectivity index (χ3v) is 3.09. The van der Waals surface area contributed by atoms with Crippen molar-refractivity contribution in [2.45, 2.75) is 0 Å². The van der Waals surface area contributed by atoms with E-state index in [4.69, 9.17) is 9.52 Å². The summed E-state index contributed by atoms with van der Waals surface area (Å²) in [6.45, 7) is 3.51. The van der Waals surface area contributed by atoms with E-state index in [2.05, 4.69) is 11.6 Å². The number of fused-ring (bicyclic) bond motifs is 1. The highest BCUT2D eigenvalue weighted by Gasteiger charge is 2.12. The van der Waals surface area contributed by atoms with Crippen LogP contribution in [0.3, 0.4) is 0 Å². The van der Waals surface area contributed by atoms with Gasteiger partial charge in [0.05, 0.1) is 5.57 Å². The number of carboxylic acids is 1. The van der Waals surface area contributed by atoms with Gasteiger partial charge in [-0.15, -0.1) is 0 Å². The van der Waals surface area contributed by atoms with Crippen LogP contribution in [0.5, 0.6) is 0 Å². The summed E-state index contributed by atoms with van der Waals surface area (Å²) < 4.78 is 18.5. The maximum Gasteiger partial charge on any atom is 0.335 e. The number of nitrogens with zero attached hydrogens (tertiary/aromatic N) is 1.